The van der Waals surface area contributed by atoms with E-state index in [9.17, 15) is 13.0 Å². The molecule has 0 aromatic rings. The summed E-state index contributed by atoms with van der Waals surface area (Å²) in [6.07, 6.45) is 0.722. The normalized spacial score (nSPS) is 7.85. The van der Waals surface area contributed by atoms with Gasteiger partial charge in [0.05, 0.1) is 16.1 Å². The van der Waals surface area contributed by atoms with Crippen LogP contribution in [-0.4, -0.2) is 24.7 Å². The molecule has 0 amide bonds. The number of hydrogen-bond acceptors (Lipinski definition) is 5. The minimum Gasteiger partial charge on any atom is -0.748 e. The summed E-state index contributed by atoms with van der Waals surface area (Å²) in [7, 11) is -3.91. The van der Waals surface area contributed by atoms with Crippen LogP contribution in [0.15, 0.2) is 12.7 Å². The van der Waals surface area contributed by atoms with Gasteiger partial charge in [-0.05, 0) is 6.08 Å². The number of carbonyl (C=O) groups is 1. The first-order valence-corrected chi connectivity index (χ1v) is 4.18. The van der Waals surface area contributed by atoms with Crippen molar-refractivity contribution in [3.8, 4) is 0 Å². The van der Waals surface area contributed by atoms with Crippen LogP contribution in [0.4, 0.5) is 0 Å². The fraction of sp³-hybridized carbons (Fsp3) is 0.400. The fourth-order valence-corrected chi connectivity index (χ4v) is 0. The maximum Gasteiger partial charge on any atom is 1.00 e. The Morgan fingerprint density at radius 3 is 1.62 bits per heavy atom. The van der Waals surface area contributed by atoms with Crippen molar-refractivity contribution in [2.24, 2.45) is 0 Å². The van der Waals surface area contributed by atoms with Crippen molar-refractivity contribution in [1.82, 2.24) is 0 Å². The summed E-state index contributed by atoms with van der Waals surface area (Å²) in [6.45, 7) is 4.21. The van der Waals surface area contributed by atoms with Gasteiger partial charge in [-0.2, -0.15) is 0 Å². The van der Waals surface area contributed by atoms with Gasteiger partial charge in [0.2, 0.25) is 0 Å². The van der Waals surface area contributed by atoms with Crippen LogP contribution in [0, 0.1) is 0 Å². The summed E-state index contributed by atoms with van der Waals surface area (Å²) in [6, 6.07) is 0. The predicted octanol–water partition coefficient (Wildman–Crippen LogP) is -7.52. The van der Waals surface area contributed by atoms with E-state index >= 15 is 0 Å². The Balaban J connectivity index is -0.0000000546. The SMILES string of the molecule is C=CC(=O)[O-].CCS(=O)(=O)[O-].[Na+].[Na+]. The number of rotatable bonds is 2. The number of carboxylic acids is 1. The first-order chi connectivity index (χ1) is 4.83. The Kier molecular flexibility index (Phi) is 24.0. The van der Waals surface area contributed by atoms with Gasteiger partial charge in [0, 0.05) is 5.75 Å². The summed E-state index contributed by atoms with van der Waals surface area (Å²) >= 11 is 0. The number of hydrogen-bond donors (Lipinski definition) is 0. The third-order valence-electron chi connectivity index (χ3n) is 0.520. The van der Waals surface area contributed by atoms with E-state index < -0.39 is 16.1 Å². The summed E-state index contributed by atoms with van der Waals surface area (Å²) in [5, 5.41) is 9.14. The zero-order valence-electron chi connectivity index (χ0n) is 7.94. The van der Waals surface area contributed by atoms with Crippen molar-refractivity contribution in [2.45, 2.75) is 6.92 Å². The molecular weight excluding hydrogens is 218 g/mol. The van der Waals surface area contributed by atoms with Gasteiger partial charge in [0.1, 0.15) is 0 Å². The van der Waals surface area contributed by atoms with Gasteiger partial charge in [-0.15, -0.1) is 0 Å². The molecule has 0 fully saturated rings. The van der Waals surface area contributed by atoms with Crippen LogP contribution in [0.2, 0.25) is 0 Å². The Morgan fingerprint density at radius 1 is 1.46 bits per heavy atom. The van der Waals surface area contributed by atoms with Gasteiger partial charge in [-0.3, -0.25) is 0 Å². The molecule has 0 aliphatic heterocycles. The van der Waals surface area contributed by atoms with E-state index in [4.69, 9.17) is 9.90 Å². The Hall–Kier alpha value is 1.12. The molecule has 0 bridgehead atoms. The van der Waals surface area contributed by atoms with E-state index in [1.807, 2.05) is 0 Å². The molecule has 0 N–H and O–H groups in total. The van der Waals surface area contributed by atoms with Gasteiger partial charge in [0.25, 0.3) is 0 Å². The molecule has 0 spiro atoms. The molecule has 0 atom stereocenters. The Labute approximate surface area is 122 Å². The molecule has 8 heteroatoms. The topological polar surface area (TPSA) is 97.3 Å². The van der Waals surface area contributed by atoms with Gasteiger partial charge >= 0.3 is 59.1 Å². The van der Waals surface area contributed by atoms with Crippen LogP contribution in [0.1, 0.15) is 6.92 Å². The third-order valence-corrected chi connectivity index (χ3v) is 1.23. The predicted molar refractivity (Wildman–Crippen MR) is 35.4 cm³/mol. The second kappa shape index (κ2) is 13.1. The minimum atomic E-state index is -3.91. The van der Waals surface area contributed by atoms with Gasteiger partial charge in [-0.1, -0.05) is 13.5 Å². The molecule has 5 nitrogen and oxygen atoms in total. The molecule has 0 rings (SSSR count). The Morgan fingerprint density at radius 2 is 1.62 bits per heavy atom. The average Bonchev–Trinajstić information content (AvgIpc) is 1.88. The first-order valence-electron chi connectivity index (χ1n) is 2.60. The summed E-state index contributed by atoms with van der Waals surface area (Å²) in [4.78, 5) is 9.14. The van der Waals surface area contributed by atoms with Crippen LogP contribution < -0.4 is 64.2 Å². The molecule has 13 heavy (non-hydrogen) atoms. The molecule has 0 saturated heterocycles. The van der Waals surface area contributed by atoms with Crippen LogP contribution in [0.25, 0.3) is 0 Å². The monoisotopic (exact) mass is 226 g/mol. The summed E-state index contributed by atoms with van der Waals surface area (Å²) < 4.78 is 28.3. The summed E-state index contributed by atoms with van der Waals surface area (Å²) in [5.41, 5.74) is 0. The number of carboxylic acid groups (broad SMARTS) is 1. The molecule has 0 unspecified atom stereocenters. The smallest absolute Gasteiger partial charge is 0.748 e. The summed E-state index contributed by atoms with van der Waals surface area (Å²) in [5.74, 6) is -1.54. The second-order valence-electron chi connectivity index (χ2n) is 1.37. The molecule has 0 heterocycles. The van der Waals surface area contributed by atoms with Crippen LogP contribution >= 0.6 is 0 Å². The van der Waals surface area contributed by atoms with E-state index in [0.29, 0.717) is 0 Å². The Bertz CT molecular complexity index is 223. The molecular formula is C5H8Na2O5S. The number of aliphatic carboxylic acids is 1. The van der Waals surface area contributed by atoms with E-state index in [-0.39, 0.29) is 64.9 Å². The molecule has 66 valence electrons. The molecule has 0 aliphatic carbocycles. The average molecular weight is 226 g/mol. The van der Waals surface area contributed by atoms with E-state index in [1.165, 1.54) is 6.92 Å². The third kappa shape index (κ3) is 43.3. The van der Waals surface area contributed by atoms with Crippen molar-refractivity contribution in [1.29, 1.82) is 0 Å². The maximum atomic E-state index is 9.44. The van der Waals surface area contributed by atoms with E-state index in [2.05, 4.69) is 6.58 Å². The minimum absolute atomic E-state index is 0. The quantitative estimate of drug-likeness (QED) is 0.264. The van der Waals surface area contributed by atoms with E-state index in [0.717, 1.165) is 6.08 Å². The molecule has 0 aromatic carbocycles. The maximum absolute atomic E-state index is 9.44. The standard InChI is InChI=1S/C3H4O2.C2H6O3S.2Na/c1-2-3(4)5;1-2-6(3,4)5;;/h2H,1H2,(H,4,5);2H2,1H3,(H,3,4,5);;/q;;2*+1/p-2. The fourth-order valence-electron chi connectivity index (χ4n) is 0. The van der Waals surface area contributed by atoms with Crippen LogP contribution in [0.3, 0.4) is 0 Å². The zero-order valence-corrected chi connectivity index (χ0v) is 12.8. The zero-order chi connectivity index (χ0) is 9.49. The van der Waals surface area contributed by atoms with Gasteiger partial charge in [-0.25, -0.2) is 8.42 Å². The van der Waals surface area contributed by atoms with Gasteiger partial charge in [0.15, 0.2) is 0 Å². The molecule has 0 aromatic heterocycles. The van der Waals surface area contributed by atoms with Crippen molar-refractivity contribution < 1.29 is 82.0 Å². The van der Waals surface area contributed by atoms with Crippen molar-refractivity contribution in [2.75, 3.05) is 5.75 Å². The van der Waals surface area contributed by atoms with E-state index in [1.54, 1.807) is 0 Å². The molecule has 0 aliphatic rings. The largest absolute Gasteiger partial charge is 1.00 e. The number of carbonyl (C=O) groups excluding carboxylic acids is 1. The van der Waals surface area contributed by atoms with Crippen molar-refractivity contribution in [3.63, 3.8) is 0 Å². The first kappa shape index (κ1) is 23.7. The molecule has 0 radical (unpaired) electrons. The second-order valence-corrected chi connectivity index (χ2v) is 3.06. The van der Waals surface area contributed by atoms with Crippen molar-refractivity contribution in [3.05, 3.63) is 12.7 Å². The van der Waals surface area contributed by atoms with Crippen molar-refractivity contribution >= 4 is 16.1 Å². The van der Waals surface area contributed by atoms with Crippen LogP contribution in [0.5, 0.6) is 0 Å². The van der Waals surface area contributed by atoms with Gasteiger partial charge < -0.3 is 14.5 Å². The molecule has 0 saturated carbocycles. The van der Waals surface area contributed by atoms with Crippen LogP contribution in [-0.2, 0) is 14.9 Å².